The Hall–Kier alpha value is -2.92. The number of benzene rings is 2. The van der Waals surface area contributed by atoms with E-state index >= 15 is 0 Å². The molecule has 0 spiro atoms. The fourth-order valence-electron chi connectivity index (χ4n) is 2.53. The highest BCUT2D eigenvalue weighted by atomic mass is 35.5. The zero-order chi connectivity index (χ0) is 18.5. The van der Waals surface area contributed by atoms with E-state index in [1.165, 1.54) is 6.33 Å². The van der Waals surface area contributed by atoms with Crippen LogP contribution in [0.25, 0.3) is 0 Å². The molecule has 0 fully saturated rings. The summed E-state index contributed by atoms with van der Waals surface area (Å²) in [5.41, 5.74) is 3.26. The van der Waals surface area contributed by atoms with E-state index in [-0.39, 0.29) is 5.91 Å². The number of hydrogen-bond donors (Lipinski definition) is 1. The van der Waals surface area contributed by atoms with Gasteiger partial charge in [-0.25, -0.2) is 9.97 Å². The molecule has 1 N–H and O–H groups in total. The number of carbonyl (C=O) groups excluding carboxylic acids is 1. The van der Waals surface area contributed by atoms with Crippen LogP contribution in [0.4, 0.5) is 11.5 Å². The highest BCUT2D eigenvalue weighted by Crippen LogP contribution is 2.23. The quantitative estimate of drug-likeness (QED) is 0.724. The number of hydrogen-bond acceptors (Lipinski definition) is 4. The SMILES string of the molecule is Cc1ccc(Cl)cc1Nc1cc(C(=O)N(C)Cc2ccccc2)ncn1. The van der Waals surface area contributed by atoms with Gasteiger partial charge in [-0.3, -0.25) is 4.79 Å². The molecular formula is C20H19ClN4O. The molecule has 3 aromatic rings. The van der Waals surface area contributed by atoms with Crippen molar-refractivity contribution in [3.8, 4) is 0 Å². The lowest BCUT2D eigenvalue weighted by atomic mass is 10.2. The topological polar surface area (TPSA) is 58.1 Å². The first-order valence-electron chi connectivity index (χ1n) is 8.17. The number of aryl methyl sites for hydroxylation is 1. The smallest absolute Gasteiger partial charge is 0.272 e. The minimum atomic E-state index is -0.165. The lowest BCUT2D eigenvalue weighted by Crippen LogP contribution is -2.27. The lowest BCUT2D eigenvalue weighted by molar-refractivity contribution is 0.0779. The summed E-state index contributed by atoms with van der Waals surface area (Å²) in [6.07, 6.45) is 1.38. The van der Waals surface area contributed by atoms with Crippen LogP contribution in [0.2, 0.25) is 5.02 Å². The van der Waals surface area contributed by atoms with Crippen LogP contribution in [0.1, 0.15) is 21.6 Å². The molecule has 0 atom stereocenters. The first-order valence-corrected chi connectivity index (χ1v) is 8.55. The van der Waals surface area contributed by atoms with Crippen LogP contribution in [-0.4, -0.2) is 27.8 Å². The molecule has 1 heterocycles. The van der Waals surface area contributed by atoms with Gasteiger partial charge in [0.2, 0.25) is 0 Å². The minimum absolute atomic E-state index is 0.165. The Morgan fingerprint density at radius 2 is 1.88 bits per heavy atom. The van der Waals surface area contributed by atoms with Gasteiger partial charge >= 0.3 is 0 Å². The van der Waals surface area contributed by atoms with Gasteiger partial charge in [0, 0.05) is 30.4 Å². The number of rotatable bonds is 5. The summed E-state index contributed by atoms with van der Waals surface area (Å²) in [5.74, 6) is 0.379. The molecule has 0 aliphatic carbocycles. The summed E-state index contributed by atoms with van der Waals surface area (Å²) in [7, 11) is 1.76. The van der Waals surface area contributed by atoms with Gasteiger partial charge < -0.3 is 10.2 Å². The zero-order valence-corrected chi connectivity index (χ0v) is 15.4. The molecule has 26 heavy (non-hydrogen) atoms. The third-order valence-electron chi connectivity index (χ3n) is 3.96. The van der Waals surface area contributed by atoms with Crippen LogP contribution < -0.4 is 5.32 Å². The predicted octanol–water partition coefficient (Wildman–Crippen LogP) is 4.45. The fraction of sp³-hybridized carbons (Fsp3) is 0.150. The molecule has 5 nitrogen and oxygen atoms in total. The van der Waals surface area contributed by atoms with Crippen LogP contribution in [0.15, 0.2) is 60.9 Å². The van der Waals surface area contributed by atoms with Crippen LogP contribution in [0.3, 0.4) is 0 Å². The number of nitrogens with zero attached hydrogens (tertiary/aromatic N) is 3. The van der Waals surface area contributed by atoms with Crippen LogP contribution >= 0.6 is 11.6 Å². The van der Waals surface area contributed by atoms with Crippen molar-refractivity contribution in [3.05, 3.63) is 82.8 Å². The minimum Gasteiger partial charge on any atom is -0.340 e. The van der Waals surface area contributed by atoms with Crippen molar-refractivity contribution < 1.29 is 4.79 Å². The molecule has 6 heteroatoms. The maximum absolute atomic E-state index is 12.7. The summed E-state index contributed by atoms with van der Waals surface area (Å²) in [6, 6.07) is 17.0. The highest BCUT2D eigenvalue weighted by Gasteiger charge is 2.15. The Morgan fingerprint density at radius 1 is 1.12 bits per heavy atom. The number of aromatic nitrogens is 2. The third-order valence-corrected chi connectivity index (χ3v) is 4.19. The Balaban J connectivity index is 1.76. The summed E-state index contributed by atoms with van der Waals surface area (Å²) in [5, 5.41) is 3.82. The molecule has 2 aromatic carbocycles. The van der Waals surface area contributed by atoms with E-state index in [2.05, 4.69) is 15.3 Å². The molecule has 1 amide bonds. The van der Waals surface area contributed by atoms with Gasteiger partial charge in [-0.15, -0.1) is 0 Å². The van der Waals surface area contributed by atoms with Gasteiger partial charge in [0.1, 0.15) is 17.8 Å². The van der Waals surface area contributed by atoms with Gasteiger partial charge in [-0.05, 0) is 30.2 Å². The summed E-state index contributed by atoms with van der Waals surface area (Å²) >= 11 is 6.05. The largest absolute Gasteiger partial charge is 0.340 e. The molecule has 0 radical (unpaired) electrons. The normalized spacial score (nSPS) is 10.4. The number of amides is 1. The van der Waals surface area contributed by atoms with Crippen molar-refractivity contribution in [2.24, 2.45) is 0 Å². The van der Waals surface area contributed by atoms with E-state index in [4.69, 9.17) is 11.6 Å². The molecule has 0 aliphatic rings. The zero-order valence-electron chi connectivity index (χ0n) is 14.6. The van der Waals surface area contributed by atoms with E-state index in [9.17, 15) is 4.79 Å². The maximum Gasteiger partial charge on any atom is 0.272 e. The maximum atomic E-state index is 12.7. The Bertz CT molecular complexity index is 915. The van der Waals surface area contributed by atoms with Crippen molar-refractivity contribution in [2.45, 2.75) is 13.5 Å². The standard InChI is InChI=1S/C20H19ClN4O/c1-14-8-9-16(21)10-17(14)24-19-11-18(22-13-23-19)20(26)25(2)12-15-6-4-3-5-7-15/h3-11,13H,12H2,1-2H3,(H,22,23,24). The van der Waals surface area contributed by atoms with Crippen molar-refractivity contribution in [1.29, 1.82) is 0 Å². The monoisotopic (exact) mass is 366 g/mol. The summed E-state index contributed by atoms with van der Waals surface area (Å²) < 4.78 is 0. The van der Waals surface area contributed by atoms with Crippen LogP contribution in [-0.2, 0) is 6.54 Å². The molecule has 0 unspecified atom stereocenters. The fourth-order valence-corrected chi connectivity index (χ4v) is 2.71. The second-order valence-electron chi connectivity index (χ2n) is 6.02. The van der Waals surface area contributed by atoms with Gasteiger partial charge in [0.15, 0.2) is 0 Å². The number of anilines is 2. The molecular weight excluding hydrogens is 348 g/mol. The molecule has 0 aliphatic heterocycles. The molecule has 1 aromatic heterocycles. The number of halogens is 1. The van der Waals surface area contributed by atoms with Crippen LogP contribution in [0.5, 0.6) is 0 Å². The van der Waals surface area contributed by atoms with Crippen LogP contribution in [0, 0.1) is 6.92 Å². The predicted molar refractivity (Wildman–Crippen MR) is 104 cm³/mol. The van der Waals surface area contributed by atoms with Gasteiger partial charge in [0.05, 0.1) is 0 Å². The molecule has 0 saturated heterocycles. The first-order chi connectivity index (χ1) is 12.5. The Morgan fingerprint density at radius 3 is 2.65 bits per heavy atom. The number of nitrogens with one attached hydrogen (secondary N) is 1. The third kappa shape index (κ3) is 4.37. The Labute approximate surface area is 157 Å². The van der Waals surface area contributed by atoms with E-state index in [0.717, 1.165) is 16.8 Å². The van der Waals surface area contributed by atoms with Crippen molar-refractivity contribution >= 4 is 29.0 Å². The van der Waals surface area contributed by atoms with E-state index in [0.29, 0.717) is 23.1 Å². The molecule has 0 saturated carbocycles. The summed E-state index contributed by atoms with van der Waals surface area (Å²) in [4.78, 5) is 22.6. The van der Waals surface area contributed by atoms with Gasteiger partial charge in [0.25, 0.3) is 5.91 Å². The second-order valence-corrected chi connectivity index (χ2v) is 6.46. The second kappa shape index (κ2) is 7.97. The van der Waals surface area contributed by atoms with Crippen molar-refractivity contribution in [1.82, 2.24) is 14.9 Å². The molecule has 3 rings (SSSR count). The number of carbonyl (C=O) groups is 1. The lowest BCUT2D eigenvalue weighted by Gasteiger charge is -2.17. The van der Waals surface area contributed by atoms with E-state index in [1.807, 2.05) is 55.5 Å². The Kier molecular flexibility index (Phi) is 5.49. The first kappa shape index (κ1) is 17.9. The van der Waals surface area contributed by atoms with Crippen molar-refractivity contribution in [2.75, 3.05) is 12.4 Å². The summed E-state index contributed by atoms with van der Waals surface area (Å²) in [6.45, 7) is 2.49. The van der Waals surface area contributed by atoms with E-state index in [1.54, 1.807) is 18.0 Å². The highest BCUT2D eigenvalue weighted by molar-refractivity contribution is 6.30. The molecule has 132 valence electrons. The van der Waals surface area contributed by atoms with E-state index < -0.39 is 0 Å². The van der Waals surface area contributed by atoms with Gasteiger partial charge in [-0.1, -0.05) is 48.0 Å². The average molecular weight is 367 g/mol. The van der Waals surface area contributed by atoms with Crippen molar-refractivity contribution in [3.63, 3.8) is 0 Å². The molecule has 0 bridgehead atoms. The van der Waals surface area contributed by atoms with Gasteiger partial charge in [-0.2, -0.15) is 0 Å². The average Bonchev–Trinajstić information content (AvgIpc) is 2.65.